The van der Waals surface area contributed by atoms with Crippen molar-refractivity contribution in [2.24, 2.45) is 0 Å². The zero-order valence-electron chi connectivity index (χ0n) is 13.7. The van der Waals surface area contributed by atoms with Gasteiger partial charge < -0.3 is 0 Å². The molecule has 0 aliphatic rings. The van der Waals surface area contributed by atoms with Crippen LogP contribution in [0, 0.1) is 13.8 Å². The van der Waals surface area contributed by atoms with Crippen molar-refractivity contribution in [2.45, 2.75) is 13.8 Å². The third-order valence-corrected chi connectivity index (χ3v) is 4.20. The second-order valence-electron chi connectivity index (χ2n) is 5.93. The maximum absolute atomic E-state index is 4.82. The smallest absolute Gasteiger partial charge is 0.178 e. The number of fused-ring (bicyclic) bond motifs is 1. The zero-order chi connectivity index (χ0) is 16.5. The van der Waals surface area contributed by atoms with Crippen LogP contribution in [-0.4, -0.2) is 15.0 Å². The predicted octanol–water partition coefficient (Wildman–Crippen LogP) is 4.98. The minimum Gasteiger partial charge on any atom is -0.244 e. The molecule has 24 heavy (non-hydrogen) atoms. The van der Waals surface area contributed by atoms with Crippen molar-refractivity contribution in [2.75, 3.05) is 0 Å². The Hall–Kier alpha value is -3.07. The van der Waals surface area contributed by atoms with E-state index in [-0.39, 0.29) is 0 Å². The highest BCUT2D eigenvalue weighted by atomic mass is 14.9. The number of para-hydroxylation sites is 1. The van der Waals surface area contributed by atoms with Crippen molar-refractivity contribution < 1.29 is 0 Å². The lowest BCUT2D eigenvalue weighted by Gasteiger charge is -2.10. The van der Waals surface area contributed by atoms with Gasteiger partial charge in [-0.3, -0.25) is 0 Å². The third kappa shape index (κ3) is 2.54. The molecule has 3 nitrogen and oxygen atoms in total. The monoisotopic (exact) mass is 311 g/mol. The highest BCUT2D eigenvalue weighted by Crippen LogP contribution is 2.27. The quantitative estimate of drug-likeness (QED) is 0.524. The van der Waals surface area contributed by atoms with E-state index in [9.17, 15) is 0 Å². The van der Waals surface area contributed by atoms with E-state index in [1.54, 1.807) is 0 Å². The van der Waals surface area contributed by atoms with E-state index in [1.807, 2.05) is 48.7 Å². The van der Waals surface area contributed by atoms with Gasteiger partial charge in [0, 0.05) is 17.1 Å². The van der Waals surface area contributed by atoms with E-state index in [0.29, 0.717) is 5.82 Å². The van der Waals surface area contributed by atoms with Gasteiger partial charge in [0.1, 0.15) is 5.69 Å². The summed E-state index contributed by atoms with van der Waals surface area (Å²) in [5.74, 6) is 0.654. The first-order chi connectivity index (χ1) is 11.7. The van der Waals surface area contributed by atoms with Crippen LogP contribution in [0.4, 0.5) is 0 Å². The van der Waals surface area contributed by atoms with E-state index in [2.05, 4.69) is 42.0 Å². The first-order valence-corrected chi connectivity index (χ1v) is 7.98. The fourth-order valence-electron chi connectivity index (χ4n) is 3.01. The molecule has 2 aromatic carbocycles. The molecule has 0 fully saturated rings. The Labute approximate surface area is 141 Å². The Kier molecular flexibility index (Phi) is 3.54. The van der Waals surface area contributed by atoms with E-state index in [4.69, 9.17) is 4.98 Å². The van der Waals surface area contributed by atoms with Gasteiger partial charge in [0.2, 0.25) is 0 Å². The molecule has 2 heterocycles. The van der Waals surface area contributed by atoms with Gasteiger partial charge in [0.25, 0.3) is 0 Å². The first-order valence-electron chi connectivity index (χ1n) is 7.98. The number of pyridine rings is 1. The molecule has 0 saturated carbocycles. The Bertz CT molecular complexity index is 1020. The van der Waals surface area contributed by atoms with Gasteiger partial charge in [-0.1, -0.05) is 42.5 Å². The van der Waals surface area contributed by atoms with Crippen LogP contribution in [0.3, 0.4) is 0 Å². The second kappa shape index (κ2) is 5.85. The van der Waals surface area contributed by atoms with Gasteiger partial charge in [0.15, 0.2) is 5.82 Å². The Morgan fingerprint density at radius 2 is 1.38 bits per heavy atom. The maximum atomic E-state index is 4.82. The van der Waals surface area contributed by atoms with E-state index < -0.39 is 0 Å². The third-order valence-electron chi connectivity index (χ3n) is 4.20. The summed E-state index contributed by atoms with van der Waals surface area (Å²) in [6, 6.07) is 20.3. The molecule has 0 atom stereocenters. The Morgan fingerprint density at radius 3 is 2.21 bits per heavy atom. The largest absolute Gasteiger partial charge is 0.244 e. The fraction of sp³-hybridized carbons (Fsp3) is 0.0952. The molecule has 0 bridgehead atoms. The van der Waals surface area contributed by atoms with Crippen LogP contribution >= 0.6 is 0 Å². The summed E-state index contributed by atoms with van der Waals surface area (Å²) in [5.41, 5.74) is 6.31. The summed E-state index contributed by atoms with van der Waals surface area (Å²) in [5, 5.41) is 1.03. The normalized spacial score (nSPS) is 10.9. The molecule has 116 valence electrons. The van der Waals surface area contributed by atoms with Gasteiger partial charge in [0.05, 0.1) is 11.2 Å². The summed E-state index contributed by atoms with van der Waals surface area (Å²) < 4.78 is 0. The van der Waals surface area contributed by atoms with Gasteiger partial charge in [-0.05, 0) is 43.2 Å². The van der Waals surface area contributed by atoms with Crippen LogP contribution in [0.1, 0.15) is 11.1 Å². The van der Waals surface area contributed by atoms with Gasteiger partial charge in [-0.2, -0.15) is 0 Å². The van der Waals surface area contributed by atoms with E-state index in [0.717, 1.165) is 22.3 Å². The van der Waals surface area contributed by atoms with Crippen molar-refractivity contribution in [1.29, 1.82) is 0 Å². The summed E-state index contributed by atoms with van der Waals surface area (Å²) in [6.45, 7) is 4.23. The zero-order valence-corrected chi connectivity index (χ0v) is 13.7. The van der Waals surface area contributed by atoms with Crippen molar-refractivity contribution in [3.05, 3.63) is 78.0 Å². The van der Waals surface area contributed by atoms with Gasteiger partial charge >= 0.3 is 0 Å². The molecule has 0 amide bonds. The molecule has 0 aliphatic heterocycles. The van der Waals surface area contributed by atoms with Crippen LogP contribution in [0.15, 0.2) is 66.9 Å². The highest BCUT2D eigenvalue weighted by molar-refractivity contribution is 5.79. The lowest BCUT2D eigenvalue weighted by molar-refractivity contribution is 1.17. The molecular formula is C21H17N3. The van der Waals surface area contributed by atoms with Crippen LogP contribution in [0.5, 0.6) is 0 Å². The summed E-state index contributed by atoms with van der Waals surface area (Å²) in [6.07, 6.45) is 1.85. The molecule has 0 radical (unpaired) electrons. The number of hydrogen-bond acceptors (Lipinski definition) is 3. The Balaban J connectivity index is 1.85. The Morgan fingerprint density at radius 1 is 0.667 bits per heavy atom. The lowest BCUT2D eigenvalue weighted by Crippen LogP contribution is -1.96. The predicted molar refractivity (Wildman–Crippen MR) is 97.7 cm³/mol. The molecule has 0 unspecified atom stereocenters. The van der Waals surface area contributed by atoms with Crippen molar-refractivity contribution in [3.8, 4) is 22.8 Å². The van der Waals surface area contributed by atoms with Crippen LogP contribution < -0.4 is 0 Å². The SMILES string of the molecule is Cc1cccc(C)c1-c1cccc(-c2ncc3ccccc3n2)n1. The van der Waals surface area contributed by atoms with Crippen LogP contribution in [-0.2, 0) is 0 Å². The number of rotatable bonds is 2. The van der Waals surface area contributed by atoms with Crippen molar-refractivity contribution in [3.63, 3.8) is 0 Å². The molecule has 4 aromatic rings. The second-order valence-corrected chi connectivity index (χ2v) is 5.93. The molecule has 0 aliphatic carbocycles. The molecule has 0 spiro atoms. The average Bonchev–Trinajstić information content (AvgIpc) is 2.61. The number of nitrogens with zero attached hydrogens (tertiary/aromatic N) is 3. The molecule has 4 rings (SSSR count). The first kappa shape index (κ1) is 14.5. The van der Waals surface area contributed by atoms with Crippen LogP contribution in [0.2, 0.25) is 0 Å². The summed E-state index contributed by atoms with van der Waals surface area (Å²) >= 11 is 0. The number of aryl methyl sites for hydroxylation is 2. The molecule has 3 heteroatoms. The highest BCUT2D eigenvalue weighted by Gasteiger charge is 2.10. The topological polar surface area (TPSA) is 38.7 Å². The standard InChI is InChI=1S/C21H17N3/c1-14-7-5-8-15(2)20(14)18-11-6-12-19(23-18)21-22-13-16-9-3-4-10-17(16)24-21/h3-13H,1-2H3. The minimum absolute atomic E-state index is 0.654. The number of aromatic nitrogens is 3. The minimum atomic E-state index is 0.654. The maximum Gasteiger partial charge on any atom is 0.178 e. The lowest BCUT2D eigenvalue weighted by atomic mass is 9.99. The molecule has 2 aromatic heterocycles. The van der Waals surface area contributed by atoms with E-state index >= 15 is 0 Å². The number of hydrogen-bond donors (Lipinski definition) is 0. The summed E-state index contributed by atoms with van der Waals surface area (Å²) in [7, 11) is 0. The summed E-state index contributed by atoms with van der Waals surface area (Å²) in [4.78, 5) is 14.0. The van der Waals surface area contributed by atoms with Crippen molar-refractivity contribution >= 4 is 10.9 Å². The van der Waals surface area contributed by atoms with Crippen molar-refractivity contribution in [1.82, 2.24) is 15.0 Å². The van der Waals surface area contributed by atoms with Gasteiger partial charge in [-0.15, -0.1) is 0 Å². The average molecular weight is 311 g/mol. The molecule has 0 saturated heterocycles. The van der Waals surface area contributed by atoms with Gasteiger partial charge in [-0.25, -0.2) is 15.0 Å². The van der Waals surface area contributed by atoms with E-state index in [1.165, 1.54) is 16.7 Å². The number of benzene rings is 2. The molecular weight excluding hydrogens is 294 g/mol. The van der Waals surface area contributed by atoms with Crippen LogP contribution in [0.25, 0.3) is 33.7 Å². The fourth-order valence-corrected chi connectivity index (χ4v) is 3.01. The molecule has 0 N–H and O–H groups in total.